The first-order valence-corrected chi connectivity index (χ1v) is 11.2. The molecular weight excluding hydrogens is 404 g/mol. The molecule has 0 saturated heterocycles. The van der Waals surface area contributed by atoms with Gasteiger partial charge in [-0.05, 0) is 43.5 Å². The molecule has 8 heteroatoms. The molecule has 0 saturated carbocycles. The van der Waals surface area contributed by atoms with Crippen molar-refractivity contribution in [2.24, 2.45) is 0 Å². The minimum absolute atomic E-state index is 0.0968. The van der Waals surface area contributed by atoms with Gasteiger partial charge in [0.05, 0.1) is 4.90 Å². The fourth-order valence-electron chi connectivity index (χ4n) is 3.38. The number of hydrogen-bond donors (Lipinski definition) is 0. The average Bonchev–Trinajstić information content (AvgIpc) is 2.72. The van der Waals surface area contributed by atoms with E-state index in [0.29, 0.717) is 13.1 Å². The molecule has 160 valence electrons. The van der Waals surface area contributed by atoms with E-state index in [-0.39, 0.29) is 10.8 Å². The quantitative estimate of drug-likeness (QED) is 0.656. The lowest BCUT2D eigenvalue weighted by Gasteiger charge is -2.30. The molecule has 0 bridgehead atoms. The van der Waals surface area contributed by atoms with Crippen LogP contribution in [-0.2, 0) is 37.3 Å². The standard InChI is InChI=1S/C22H26N2O5S/c1-16-8-10-20(11-9-16)30(27,28)23(3)15-21(25)29-17(2)22(26)24-13-12-18-6-4-5-7-19(18)14-24/h4-11,17H,12-15H2,1-3H3. The first kappa shape index (κ1) is 22.0. The fraction of sp³-hybridized carbons (Fsp3) is 0.364. The third-order valence-electron chi connectivity index (χ3n) is 5.18. The molecule has 2 aromatic rings. The number of carbonyl (C=O) groups is 2. The van der Waals surface area contributed by atoms with Crippen LogP contribution in [0.3, 0.4) is 0 Å². The maximum Gasteiger partial charge on any atom is 0.322 e. The number of sulfonamides is 1. The number of fused-ring (bicyclic) bond motifs is 1. The number of esters is 1. The van der Waals surface area contributed by atoms with Gasteiger partial charge >= 0.3 is 5.97 Å². The molecule has 1 unspecified atom stereocenters. The molecule has 1 aliphatic heterocycles. The molecule has 1 amide bonds. The zero-order valence-corrected chi connectivity index (χ0v) is 18.2. The maximum absolute atomic E-state index is 12.7. The van der Waals surface area contributed by atoms with Crippen molar-refractivity contribution in [1.82, 2.24) is 9.21 Å². The largest absolute Gasteiger partial charge is 0.452 e. The van der Waals surface area contributed by atoms with Crippen LogP contribution in [-0.4, -0.2) is 55.7 Å². The predicted octanol–water partition coefficient (Wildman–Crippen LogP) is 2.13. The van der Waals surface area contributed by atoms with Crippen LogP contribution in [0.25, 0.3) is 0 Å². The lowest BCUT2D eigenvalue weighted by molar-refractivity contribution is -0.159. The molecule has 0 aliphatic carbocycles. The highest BCUT2D eigenvalue weighted by Gasteiger charge is 2.29. The monoisotopic (exact) mass is 430 g/mol. The normalized spacial score (nSPS) is 14.9. The Morgan fingerprint density at radius 3 is 2.40 bits per heavy atom. The van der Waals surface area contributed by atoms with Gasteiger partial charge in [0.1, 0.15) is 6.54 Å². The van der Waals surface area contributed by atoms with Gasteiger partial charge < -0.3 is 9.64 Å². The van der Waals surface area contributed by atoms with Crippen molar-refractivity contribution in [2.75, 3.05) is 20.1 Å². The zero-order valence-electron chi connectivity index (χ0n) is 17.4. The van der Waals surface area contributed by atoms with Gasteiger partial charge in [-0.2, -0.15) is 4.31 Å². The molecule has 30 heavy (non-hydrogen) atoms. The molecule has 0 radical (unpaired) electrons. The first-order valence-electron chi connectivity index (χ1n) is 9.76. The van der Waals surface area contributed by atoms with E-state index >= 15 is 0 Å². The van der Waals surface area contributed by atoms with E-state index in [1.165, 1.54) is 31.7 Å². The Bertz CT molecular complexity index is 1030. The molecule has 1 heterocycles. The summed E-state index contributed by atoms with van der Waals surface area (Å²) in [6.07, 6.45) is -0.238. The molecule has 7 nitrogen and oxygen atoms in total. The van der Waals surface area contributed by atoms with Crippen molar-refractivity contribution >= 4 is 21.9 Å². The van der Waals surface area contributed by atoms with Gasteiger partial charge in [0.2, 0.25) is 10.0 Å². The Hall–Kier alpha value is -2.71. The highest BCUT2D eigenvalue weighted by atomic mass is 32.2. The van der Waals surface area contributed by atoms with Gasteiger partial charge in [0.15, 0.2) is 6.10 Å². The molecule has 0 N–H and O–H groups in total. The summed E-state index contributed by atoms with van der Waals surface area (Å²) in [6.45, 7) is 3.92. The summed E-state index contributed by atoms with van der Waals surface area (Å²) in [6, 6.07) is 14.3. The highest BCUT2D eigenvalue weighted by Crippen LogP contribution is 2.20. The summed E-state index contributed by atoms with van der Waals surface area (Å²) in [5.41, 5.74) is 3.23. The Balaban J connectivity index is 1.57. The number of amides is 1. The number of hydrogen-bond acceptors (Lipinski definition) is 5. The van der Waals surface area contributed by atoms with Crippen LogP contribution >= 0.6 is 0 Å². The van der Waals surface area contributed by atoms with Gasteiger partial charge in [-0.25, -0.2) is 8.42 Å². The summed E-state index contributed by atoms with van der Waals surface area (Å²) in [5, 5.41) is 0. The predicted molar refractivity (Wildman–Crippen MR) is 112 cm³/mol. The second-order valence-corrected chi connectivity index (χ2v) is 9.53. The van der Waals surface area contributed by atoms with Crippen LogP contribution in [0, 0.1) is 6.92 Å². The van der Waals surface area contributed by atoms with E-state index in [1.807, 2.05) is 31.2 Å². The number of aryl methyl sites for hydroxylation is 1. The average molecular weight is 431 g/mol. The Morgan fingerprint density at radius 1 is 1.10 bits per heavy atom. The lowest BCUT2D eigenvalue weighted by Crippen LogP contribution is -2.43. The molecular formula is C22H26N2O5S. The van der Waals surface area contributed by atoms with E-state index in [9.17, 15) is 18.0 Å². The van der Waals surface area contributed by atoms with Gasteiger partial charge in [0.25, 0.3) is 5.91 Å². The Morgan fingerprint density at radius 2 is 1.73 bits per heavy atom. The third-order valence-corrected chi connectivity index (χ3v) is 7.00. The molecule has 1 aliphatic rings. The molecule has 0 fully saturated rings. The smallest absolute Gasteiger partial charge is 0.322 e. The van der Waals surface area contributed by atoms with E-state index in [4.69, 9.17) is 4.74 Å². The summed E-state index contributed by atoms with van der Waals surface area (Å²) in [4.78, 5) is 26.7. The van der Waals surface area contributed by atoms with Crippen molar-refractivity contribution in [3.8, 4) is 0 Å². The topological polar surface area (TPSA) is 84.0 Å². The molecule has 0 aromatic heterocycles. The number of ether oxygens (including phenoxy) is 1. The van der Waals surface area contributed by atoms with Crippen LogP contribution in [0.5, 0.6) is 0 Å². The van der Waals surface area contributed by atoms with Crippen molar-refractivity contribution < 1.29 is 22.7 Å². The summed E-state index contributed by atoms with van der Waals surface area (Å²) < 4.78 is 31.4. The zero-order chi connectivity index (χ0) is 21.9. The van der Waals surface area contributed by atoms with Crippen molar-refractivity contribution in [3.05, 3.63) is 65.2 Å². The van der Waals surface area contributed by atoms with Gasteiger partial charge in [-0.15, -0.1) is 0 Å². The van der Waals surface area contributed by atoms with Crippen molar-refractivity contribution in [2.45, 2.75) is 37.8 Å². The van der Waals surface area contributed by atoms with E-state index in [1.54, 1.807) is 17.0 Å². The summed E-state index contributed by atoms with van der Waals surface area (Å²) in [7, 11) is -2.51. The highest BCUT2D eigenvalue weighted by molar-refractivity contribution is 7.89. The minimum Gasteiger partial charge on any atom is -0.452 e. The second-order valence-electron chi connectivity index (χ2n) is 7.48. The van der Waals surface area contributed by atoms with Gasteiger partial charge in [-0.3, -0.25) is 9.59 Å². The number of likely N-dealkylation sites (N-methyl/N-ethyl adjacent to an activating group) is 1. The first-order chi connectivity index (χ1) is 14.2. The minimum atomic E-state index is -3.82. The van der Waals surface area contributed by atoms with Crippen LogP contribution < -0.4 is 0 Å². The number of nitrogens with zero attached hydrogens (tertiary/aromatic N) is 2. The second kappa shape index (κ2) is 8.97. The number of benzene rings is 2. The van der Waals surface area contributed by atoms with E-state index in [2.05, 4.69) is 0 Å². The molecule has 0 spiro atoms. The van der Waals surface area contributed by atoms with Crippen LogP contribution in [0.2, 0.25) is 0 Å². The summed E-state index contributed by atoms with van der Waals surface area (Å²) >= 11 is 0. The number of rotatable bonds is 6. The molecule has 2 aromatic carbocycles. The van der Waals surface area contributed by atoms with Crippen LogP contribution in [0.15, 0.2) is 53.4 Å². The van der Waals surface area contributed by atoms with Crippen LogP contribution in [0.4, 0.5) is 0 Å². The van der Waals surface area contributed by atoms with Crippen molar-refractivity contribution in [3.63, 3.8) is 0 Å². The fourth-order valence-corrected chi connectivity index (χ4v) is 4.50. The van der Waals surface area contributed by atoms with E-state index in [0.717, 1.165) is 21.9 Å². The molecule has 3 rings (SSSR count). The third kappa shape index (κ3) is 4.88. The maximum atomic E-state index is 12.7. The van der Waals surface area contributed by atoms with Crippen LogP contribution in [0.1, 0.15) is 23.6 Å². The summed E-state index contributed by atoms with van der Waals surface area (Å²) in [5.74, 6) is -1.06. The Labute approximate surface area is 177 Å². The van der Waals surface area contributed by atoms with Gasteiger partial charge in [0, 0.05) is 20.1 Å². The lowest BCUT2D eigenvalue weighted by atomic mass is 9.99. The Kier molecular flexibility index (Phi) is 6.58. The van der Waals surface area contributed by atoms with E-state index < -0.39 is 28.6 Å². The van der Waals surface area contributed by atoms with Crippen molar-refractivity contribution in [1.29, 1.82) is 0 Å². The molecule has 1 atom stereocenters. The van der Waals surface area contributed by atoms with Gasteiger partial charge in [-0.1, -0.05) is 42.0 Å². The SMILES string of the molecule is Cc1ccc(S(=O)(=O)N(C)CC(=O)OC(C)C(=O)N2CCc3ccccc3C2)cc1. The number of carbonyl (C=O) groups excluding carboxylic acids is 2.